The first-order valence-electron chi connectivity index (χ1n) is 6.32. The van der Waals surface area contributed by atoms with Crippen molar-refractivity contribution in [3.8, 4) is 11.5 Å². The lowest BCUT2D eigenvalue weighted by Crippen LogP contribution is -2.23. The maximum absolute atomic E-state index is 12.0. The molecule has 110 valence electrons. The molecule has 0 bridgehead atoms. The molecule has 0 aromatic heterocycles. The van der Waals surface area contributed by atoms with Crippen molar-refractivity contribution in [2.75, 3.05) is 12.3 Å². The van der Waals surface area contributed by atoms with Crippen molar-refractivity contribution < 1.29 is 9.53 Å². The summed E-state index contributed by atoms with van der Waals surface area (Å²) >= 11 is 11.8. The number of carbonyl (C=O) groups excluding carboxylic acids is 1. The second kappa shape index (κ2) is 6.70. The third kappa shape index (κ3) is 3.80. The van der Waals surface area contributed by atoms with Gasteiger partial charge < -0.3 is 15.8 Å². The molecule has 0 heterocycles. The van der Waals surface area contributed by atoms with Gasteiger partial charge >= 0.3 is 0 Å². The van der Waals surface area contributed by atoms with E-state index in [-0.39, 0.29) is 5.91 Å². The van der Waals surface area contributed by atoms with Crippen molar-refractivity contribution in [2.45, 2.75) is 6.92 Å². The molecule has 2 aromatic carbocycles. The first kappa shape index (κ1) is 15.5. The number of nitrogens with two attached hydrogens (primary N) is 1. The van der Waals surface area contributed by atoms with Crippen LogP contribution in [0.1, 0.15) is 17.3 Å². The smallest absolute Gasteiger partial charge is 0.255 e. The summed E-state index contributed by atoms with van der Waals surface area (Å²) in [5.74, 6) is 0.604. The Bertz CT molecular complexity index is 675. The minimum absolute atomic E-state index is 0.229. The van der Waals surface area contributed by atoms with Crippen molar-refractivity contribution in [3.63, 3.8) is 0 Å². The Hall–Kier alpha value is -1.91. The van der Waals surface area contributed by atoms with Gasteiger partial charge in [-0.05, 0) is 31.2 Å². The van der Waals surface area contributed by atoms with E-state index in [0.29, 0.717) is 39.3 Å². The van der Waals surface area contributed by atoms with Crippen molar-refractivity contribution >= 4 is 34.8 Å². The van der Waals surface area contributed by atoms with Crippen LogP contribution in [0.15, 0.2) is 36.4 Å². The van der Waals surface area contributed by atoms with E-state index >= 15 is 0 Å². The van der Waals surface area contributed by atoms with Gasteiger partial charge in [-0.3, -0.25) is 4.79 Å². The number of nitrogen functional groups attached to an aromatic ring is 1. The van der Waals surface area contributed by atoms with Gasteiger partial charge in [0, 0.05) is 24.4 Å². The van der Waals surface area contributed by atoms with Crippen molar-refractivity contribution in [1.82, 2.24) is 5.32 Å². The minimum Gasteiger partial charge on any atom is -0.456 e. The van der Waals surface area contributed by atoms with Crippen LogP contribution in [0.4, 0.5) is 5.69 Å². The summed E-state index contributed by atoms with van der Waals surface area (Å²) in [5, 5.41) is 3.52. The van der Waals surface area contributed by atoms with E-state index < -0.39 is 0 Å². The van der Waals surface area contributed by atoms with Crippen LogP contribution in [0, 0.1) is 0 Å². The molecule has 0 aliphatic carbocycles. The first-order valence-corrected chi connectivity index (χ1v) is 7.07. The van der Waals surface area contributed by atoms with Gasteiger partial charge in [-0.25, -0.2) is 0 Å². The molecular weight excluding hydrogens is 311 g/mol. The van der Waals surface area contributed by atoms with Crippen LogP contribution in [0.5, 0.6) is 11.5 Å². The normalized spacial score (nSPS) is 10.2. The SMILES string of the molecule is CCNC(=O)c1ccc(N)cc1Oc1ccc(Cl)c(Cl)c1. The highest BCUT2D eigenvalue weighted by atomic mass is 35.5. The summed E-state index contributed by atoms with van der Waals surface area (Å²) in [6.07, 6.45) is 0. The quantitative estimate of drug-likeness (QED) is 0.831. The fraction of sp³-hybridized carbons (Fsp3) is 0.133. The number of benzene rings is 2. The van der Waals surface area contributed by atoms with Gasteiger partial charge in [0.1, 0.15) is 11.5 Å². The topological polar surface area (TPSA) is 64.4 Å². The molecule has 2 aromatic rings. The molecule has 3 N–H and O–H groups in total. The van der Waals surface area contributed by atoms with Crippen LogP contribution >= 0.6 is 23.2 Å². The molecule has 4 nitrogen and oxygen atoms in total. The number of hydrogen-bond donors (Lipinski definition) is 2. The number of carbonyl (C=O) groups is 1. The zero-order chi connectivity index (χ0) is 15.4. The predicted molar refractivity (Wildman–Crippen MR) is 85.4 cm³/mol. The Morgan fingerprint density at radius 2 is 1.95 bits per heavy atom. The Balaban J connectivity index is 2.35. The third-order valence-electron chi connectivity index (χ3n) is 2.71. The van der Waals surface area contributed by atoms with Gasteiger partial charge in [-0.1, -0.05) is 23.2 Å². The molecule has 0 radical (unpaired) electrons. The second-order valence-corrected chi connectivity index (χ2v) is 5.11. The van der Waals surface area contributed by atoms with Crippen molar-refractivity contribution in [2.24, 2.45) is 0 Å². The molecule has 0 saturated heterocycles. The Morgan fingerprint density at radius 1 is 1.19 bits per heavy atom. The van der Waals surface area contributed by atoms with Gasteiger partial charge in [0.15, 0.2) is 0 Å². The number of hydrogen-bond acceptors (Lipinski definition) is 3. The Morgan fingerprint density at radius 3 is 2.62 bits per heavy atom. The largest absolute Gasteiger partial charge is 0.456 e. The predicted octanol–water partition coefficient (Wildman–Crippen LogP) is 4.12. The van der Waals surface area contributed by atoms with E-state index in [4.69, 9.17) is 33.7 Å². The molecule has 1 amide bonds. The number of halogens is 2. The molecule has 0 fully saturated rings. The number of nitrogens with one attached hydrogen (secondary N) is 1. The molecule has 6 heteroatoms. The van der Waals surface area contributed by atoms with E-state index in [9.17, 15) is 4.79 Å². The van der Waals surface area contributed by atoms with Gasteiger partial charge in [0.05, 0.1) is 15.6 Å². The zero-order valence-corrected chi connectivity index (χ0v) is 12.8. The maximum Gasteiger partial charge on any atom is 0.255 e. The number of ether oxygens (including phenoxy) is 1. The monoisotopic (exact) mass is 324 g/mol. The number of amides is 1. The Kier molecular flexibility index (Phi) is 4.94. The van der Waals surface area contributed by atoms with Crippen LogP contribution in [-0.2, 0) is 0 Å². The molecule has 0 aliphatic rings. The molecule has 0 atom stereocenters. The fourth-order valence-corrected chi connectivity index (χ4v) is 2.02. The highest BCUT2D eigenvalue weighted by molar-refractivity contribution is 6.42. The summed E-state index contributed by atoms with van der Waals surface area (Å²) in [7, 11) is 0. The first-order chi connectivity index (χ1) is 10.0. The summed E-state index contributed by atoms with van der Waals surface area (Å²) in [5.41, 5.74) is 6.65. The van der Waals surface area contributed by atoms with Gasteiger partial charge in [-0.2, -0.15) is 0 Å². The molecule has 2 rings (SSSR count). The fourth-order valence-electron chi connectivity index (χ4n) is 1.73. The molecule has 21 heavy (non-hydrogen) atoms. The lowest BCUT2D eigenvalue weighted by molar-refractivity contribution is 0.0953. The van der Waals surface area contributed by atoms with E-state index in [1.54, 1.807) is 36.4 Å². The third-order valence-corrected chi connectivity index (χ3v) is 3.45. The highest BCUT2D eigenvalue weighted by Crippen LogP contribution is 2.32. The molecule has 0 spiro atoms. The molecule has 0 aliphatic heterocycles. The number of anilines is 1. The van der Waals surface area contributed by atoms with Crippen LogP contribution in [-0.4, -0.2) is 12.5 Å². The van der Waals surface area contributed by atoms with Crippen molar-refractivity contribution in [1.29, 1.82) is 0 Å². The maximum atomic E-state index is 12.0. The highest BCUT2D eigenvalue weighted by Gasteiger charge is 2.13. The van der Waals surface area contributed by atoms with E-state index in [1.807, 2.05) is 6.92 Å². The summed E-state index contributed by atoms with van der Waals surface area (Å²) < 4.78 is 5.71. The van der Waals surface area contributed by atoms with Crippen LogP contribution in [0.25, 0.3) is 0 Å². The minimum atomic E-state index is -0.229. The average Bonchev–Trinajstić information content (AvgIpc) is 2.43. The van der Waals surface area contributed by atoms with Crippen LogP contribution in [0.2, 0.25) is 10.0 Å². The van der Waals surface area contributed by atoms with Crippen LogP contribution in [0.3, 0.4) is 0 Å². The zero-order valence-electron chi connectivity index (χ0n) is 11.3. The lowest BCUT2D eigenvalue weighted by Gasteiger charge is -2.12. The summed E-state index contributed by atoms with van der Waals surface area (Å²) in [4.78, 5) is 12.0. The summed E-state index contributed by atoms with van der Waals surface area (Å²) in [6.45, 7) is 2.37. The average molecular weight is 325 g/mol. The van der Waals surface area contributed by atoms with Crippen molar-refractivity contribution in [3.05, 3.63) is 52.0 Å². The molecule has 0 unspecified atom stereocenters. The van der Waals surface area contributed by atoms with E-state index in [1.165, 1.54) is 0 Å². The molecule has 0 saturated carbocycles. The Labute approximate surface area is 132 Å². The van der Waals surface area contributed by atoms with Crippen LogP contribution < -0.4 is 15.8 Å². The summed E-state index contributed by atoms with van der Waals surface area (Å²) in [6, 6.07) is 9.72. The standard InChI is InChI=1S/C15H14Cl2N2O2/c1-2-19-15(20)11-5-3-9(18)7-14(11)21-10-4-6-12(16)13(17)8-10/h3-8H,2,18H2,1H3,(H,19,20). The lowest BCUT2D eigenvalue weighted by atomic mass is 10.1. The molecular formula is C15H14Cl2N2O2. The van der Waals surface area contributed by atoms with Gasteiger partial charge in [-0.15, -0.1) is 0 Å². The second-order valence-electron chi connectivity index (χ2n) is 4.29. The van der Waals surface area contributed by atoms with E-state index in [0.717, 1.165) is 0 Å². The van der Waals surface area contributed by atoms with Gasteiger partial charge in [0.25, 0.3) is 5.91 Å². The van der Waals surface area contributed by atoms with E-state index in [2.05, 4.69) is 5.32 Å². The van der Waals surface area contributed by atoms with Gasteiger partial charge in [0.2, 0.25) is 0 Å². The number of rotatable bonds is 4.